The molecular formula is C20H31NO. The Morgan fingerprint density at radius 3 is 2.23 bits per heavy atom. The molecule has 0 spiro atoms. The van der Waals surface area contributed by atoms with Crippen LogP contribution in [0, 0.1) is 5.92 Å². The van der Waals surface area contributed by atoms with Gasteiger partial charge >= 0.3 is 0 Å². The summed E-state index contributed by atoms with van der Waals surface area (Å²) in [6.07, 6.45) is 5.00. The lowest BCUT2D eigenvalue weighted by molar-refractivity contribution is -0.119. The van der Waals surface area contributed by atoms with Gasteiger partial charge in [0.1, 0.15) is 5.78 Å². The van der Waals surface area contributed by atoms with Crippen LogP contribution in [0.2, 0.25) is 0 Å². The van der Waals surface area contributed by atoms with Crippen molar-refractivity contribution in [3.8, 4) is 0 Å². The fraction of sp³-hybridized carbons (Fsp3) is 0.650. The third-order valence-corrected chi connectivity index (χ3v) is 4.94. The van der Waals surface area contributed by atoms with Crippen LogP contribution < -0.4 is 4.90 Å². The van der Waals surface area contributed by atoms with Crippen molar-refractivity contribution >= 4 is 11.5 Å². The number of benzene rings is 1. The first-order chi connectivity index (χ1) is 10.4. The van der Waals surface area contributed by atoms with Gasteiger partial charge in [0, 0.05) is 31.6 Å². The lowest BCUT2D eigenvalue weighted by atomic mass is 9.87. The van der Waals surface area contributed by atoms with Crippen LogP contribution >= 0.6 is 0 Å². The largest absolute Gasteiger partial charge is 0.372 e. The second-order valence-electron chi connectivity index (χ2n) is 7.66. The van der Waals surface area contributed by atoms with E-state index in [1.54, 1.807) is 0 Å². The smallest absolute Gasteiger partial charge is 0.132 e. The molecule has 1 aliphatic rings. The second kappa shape index (κ2) is 7.30. The maximum Gasteiger partial charge on any atom is 0.132 e. The number of carbonyl (C=O) groups is 1. The second-order valence-corrected chi connectivity index (χ2v) is 7.66. The predicted molar refractivity (Wildman–Crippen MR) is 94.6 cm³/mol. The Morgan fingerprint density at radius 2 is 1.73 bits per heavy atom. The van der Waals surface area contributed by atoms with Crippen molar-refractivity contribution in [1.29, 1.82) is 0 Å². The maximum absolute atomic E-state index is 11.4. The molecule has 22 heavy (non-hydrogen) atoms. The highest BCUT2D eigenvalue weighted by Crippen LogP contribution is 2.28. The van der Waals surface area contributed by atoms with Crippen LogP contribution in [0.4, 0.5) is 5.69 Å². The molecule has 0 atom stereocenters. The molecule has 0 aromatic heterocycles. The highest BCUT2D eigenvalue weighted by molar-refractivity contribution is 5.77. The molecule has 0 N–H and O–H groups in total. The Bertz CT molecular complexity index is 475. The first-order valence-corrected chi connectivity index (χ1v) is 8.77. The van der Waals surface area contributed by atoms with E-state index >= 15 is 0 Å². The van der Waals surface area contributed by atoms with E-state index in [9.17, 15) is 4.79 Å². The van der Waals surface area contributed by atoms with Gasteiger partial charge in [0.05, 0.1) is 0 Å². The quantitative estimate of drug-likeness (QED) is 0.766. The van der Waals surface area contributed by atoms with Crippen molar-refractivity contribution in [1.82, 2.24) is 0 Å². The summed E-state index contributed by atoms with van der Waals surface area (Å²) in [7, 11) is 0. The van der Waals surface area contributed by atoms with Crippen LogP contribution in [0.3, 0.4) is 0 Å². The van der Waals surface area contributed by atoms with Crippen LogP contribution in [0.25, 0.3) is 0 Å². The van der Waals surface area contributed by atoms with Crippen molar-refractivity contribution in [3.63, 3.8) is 0 Å². The van der Waals surface area contributed by atoms with Gasteiger partial charge in [-0.25, -0.2) is 0 Å². The molecule has 1 aliphatic heterocycles. The van der Waals surface area contributed by atoms with Gasteiger partial charge < -0.3 is 4.90 Å². The molecule has 1 aromatic carbocycles. The molecule has 2 rings (SSSR count). The van der Waals surface area contributed by atoms with Gasteiger partial charge in [-0.3, -0.25) is 4.79 Å². The molecule has 0 aliphatic carbocycles. The number of hydrogen-bond donors (Lipinski definition) is 0. The average molecular weight is 301 g/mol. The maximum atomic E-state index is 11.4. The fourth-order valence-corrected chi connectivity index (χ4v) is 3.19. The number of hydrogen-bond acceptors (Lipinski definition) is 2. The number of anilines is 1. The summed E-state index contributed by atoms with van der Waals surface area (Å²) in [6, 6.07) is 9.06. The fourth-order valence-electron chi connectivity index (χ4n) is 3.19. The highest BCUT2D eigenvalue weighted by atomic mass is 16.1. The third kappa shape index (κ3) is 4.59. The summed E-state index contributed by atoms with van der Waals surface area (Å²) >= 11 is 0. The number of rotatable bonds is 5. The normalized spacial score (nSPS) is 16.8. The minimum Gasteiger partial charge on any atom is -0.372 e. The summed E-state index contributed by atoms with van der Waals surface area (Å²) < 4.78 is 0. The van der Waals surface area contributed by atoms with Gasteiger partial charge in [-0.15, -0.1) is 0 Å². The van der Waals surface area contributed by atoms with Crippen molar-refractivity contribution in [2.45, 2.75) is 65.2 Å². The number of carbonyl (C=O) groups excluding carboxylic acids is 1. The Morgan fingerprint density at radius 1 is 1.14 bits per heavy atom. The van der Waals surface area contributed by atoms with Crippen molar-refractivity contribution < 1.29 is 4.79 Å². The van der Waals surface area contributed by atoms with Gasteiger partial charge in [0.25, 0.3) is 0 Å². The zero-order valence-electron chi connectivity index (χ0n) is 14.7. The van der Waals surface area contributed by atoms with E-state index in [4.69, 9.17) is 0 Å². The standard InChI is InChI=1S/C20H31NO/c1-5-19(22)11-6-16-12-14-21(15-13-16)18-9-7-17(8-10-18)20(2,3)4/h7-10,16H,5-6,11-15H2,1-4H3. The molecule has 0 amide bonds. The Balaban J connectivity index is 1.85. The third-order valence-electron chi connectivity index (χ3n) is 4.94. The molecule has 2 heteroatoms. The van der Waals surface area contributed by atoms with E-state index in [1.807, 2.05) is 6.92 Å². The Hall–Kier alpha value is -1.31. The molecule has 1 aromatic rings. The number of ketones is 1. The number of Topliss-reactive ketones (excluding diaryl/α,β-unsaturated/α-hetero) is 1. The summed E-state index contributed by atoms with van der Waals surface area (Å²) in [5.41, 5.74) is 2.96. The first-order valence-electron chi connectivity index (χ1n) is 8.77. The van der Waals surface area contributed by atoms with Crippen molar-refractivity contribution in [2.24, 2.45) is 5.92 Å². The average Bonchev–Trinajstić information content (AvgIpc) is 2.52. The van der Waals surface area contributed by atoms with E-state index in [-0.39, 0.29) is 5.41 Å². The van der Waals surface area contributed by atoms with Crippen LogP contribution in [-0.2, 0) is 10.2 Å². The molecule has 1 saturated heterocycles. The molecule has 1 fully saturated rings. The Labute approximate surface area is 135 Å². The molecule has 122 valence electrons. The molecule has 1 heterocycles. The van der Waals surface area contributed by atoms with Crippen LogP contribution in [-0.4, -0.2) is 18.9 Å². The molecule has 0 unspecified atom stereocenters. The van der Waals surface area contributed by atoms with Crippen LogP contribution in [0.15, 0.2) is 24.3 Å². The first kappa shape index (κ1) is 17.1. The summed E-state index contributed by atoms with van der Waals surface area (Å²) in [6.45, 7) is 11.0. The van der Waals surface area contributed by atoms with E-state index in [1.165, 1.54) is 24.1 Å². The van der Waals surface area contributed by atoms with Gasteiger partial charge in [-0.05, 0) is 48.3 Å². The van der Waals surface area contributed by atoms with Crippen molar-refractivity contribution in [2.75, 3.05) is 18.0 Å². The van der Waals surface area contributed by atoms with E-state index in [0.717, 1.165) is 31.8 Å². The summed E-state index contributed by atoms with van der Waals surface area (Å²) in [5.74, 6) is 1.15. The minimum atomic E-state index is 0.220. The summed E-state index contributed by atoms with van der Waals surface area (Å²) in [4.78, 5) is 13.9. The van der Waals surface area contributed by atoms with E-state index in [2.05, 4.69) is 49.9 Å². The number of piperidine rings is 1. The molecule has 0 saturated carbocycles. The Kier molecular flexibility index (Phi) is 5.66. The lowest BCUT2D eigenvalue weighted by Gasteiger charge is -2.34. The predicted octanol–water partition coefficient (Wildman–Crippen LogP) is 4.96. The lowest BCUT2D eigenvalue weighted by Crippen LogP contribution is -2.33. The van der Waals surface area contributed by atoms with Crippen LogP contribution in [0.5, 0.6) is 0 Å². The molecule has 2 nitrogen and oxygen atoms in total. The van der Waals surface area contributed by atoms with Crippen LogP contribution in [0.1, 0.15) is 65.4 Å². The van der Waals surface area contributed by atoms with Crippen molar-refractivity contribution in [3.05, 3.63) is 29.8 Å². The van der Waals surface area contributed by atoms with Gasteiger partial charge in [0.15, 0.2) is 0 Å². The molecular weight excluding hydrogens is 270 g/mol. The van der Waals surface area contributed by atoms with E-state index < -0.39 is 0 Å². The van der Waals surface area contributed by atoms with Gasteiger partial charge in [-0.1, -0.05) is 39.8 Å². The highest BCUT2D eigenvalue weighted by Gasteiger charge is 2.20. The monoisotopic (exact) mass is 301 g/mol. The van der Waals surface area contributed by atoms with Gasteiger partial charge in [-0.2, -0.15) is 0 Å². The minimum absolute atomic E-state index is 0.220. The van der Waals surface area contributed by atoms with Gasteiger partial charge in [0.2, 0.25) is 0 Å². The molecule has 0 radical (unpaired) electrons. The molecule has 0 bridgehead atoms. The topological polar surface area (TPSA) is 20.3 Å². The zero-order valence-corrected chi connectivity index (χ0v) is 14.7. The SMILES string of the molecule is CCC(=O)CCC1CCN(c2ccc(C(C)(C)C)cc2)CC1. The summed E-state index contributed by atoms with van der Waals surface area (Å²) in [5, 5.41) is 0. The number of nitrogens with zero attached hydrogens (tertiary/aromatic N) is 1. The van der Waals surface area contributed by atoms with E-state index in [0.29, 0.717) is 12.2 Å². The zero-order chi connectivity index (χ0) is 16.2.